The molecule has 0 spiro atoms. The first-order valence-corrected chi connectivity index (χ1v) is 11.8. The van der Waals surface area contributed by atoms with Crippen LogP contribution in [0.5, 0.6) is 5.75 Å². The molecule has 4 heteroatoms. The summed E-state index contributed by atoms with van der Waals surface area (Å²) in [5, 5.41) is 0. The topological polar surface area (TPSA) is 52.6 Å². The standard InChI is InChI=1S/C29H32O4/c1-2-3-4-5-6-10-21-32-27-19-17-26(18-20-27)29(31)33-22-28(30)25-15-13-24(14-16-25)23-11-8-7-9-12-23/h7-9,11-20H,2-6,10,21-22H2,1H3. The molecule has 33 heavy (non-hydrogen) atoms. The van der Waals surface area contributed by atoms with Crippen LogP contribution in [0.15, 0.2) is 78.9 Å². The Bertz CT molecular complexity index is 992. The molecule has 0 bridgehead atoms. The number of benzene rings is 3. The zero-order valence-corrected chi connectivity index (χ0v) is 19.3. The molecular weight excluding hydrogens is 412 g/mol. The van der Waals surface area contributed by atoms with E-state index in [2.05, 4.69) is 6.92 Å². The Morgan fingerprint density at radius 2 is 1.27 bits per heavy atom. The summed E-state index contributed by atoms with van der Waals surface area (Å²) in [5.41, 5.74) is 3.03. The summed E-state index contributed by atoms with van der Waals surface area (Å²) in [4.78, 5) is 24.7. The smallest absolute Gasteiger partial charge is 0.338 e. The average molecular weight is 445 g/mol. The van der Waals surface area contributed by atoms with Gasteiger partial charge in [0.2, 0.25) is 0 Å². The van der Waals surface area contributed by atoms with Crippen LogP contribution in [0.25, 0.3) is 11.1 Å². The van der Waals surface area contributed by atoms with E-state index in [4.69, 9.17) is 9.47 Å². The number of hydrogen-bond donors (Lipinski definition) is 0. The van der Waals surface area contributed by atoms with E-state index >= 15 is 0 Å². The lowest BCUT2D eigenvalue weighted by Gasteiger charge is -2.08. The fraction of sp³-hybridized carbons (Fsp3) is 0.310. The Labute approximate surface area is 196 Å². The zero-order chi connectivity index (χ0) is 23.3. The molecular formula is C29H32O4. The summed E-state index contributed by atoms with van der Waals surface area (Å²) < 4.78 is 11.0. The zero-order valence-electron chi connectivity index (χ0n) is 19.3. The molecule has 3 aromatic rings. The van der Waals surface area contributed by atoms with Crippen molar-refractivity contribution in [2.45, 2.75) is 45.4 Å². The molecule has 4 nitrogen and oxygen atoms in total. The summed E-state index contributed by atoms with van der Waals surface area (Å²) in [6.45, 7) is 2.60. The quantitative estimate of drug-likeness (QED) is 0.160. The summed E-state index contributed by atoms with van der Waals surface area (Å²) in [7, 11) is 0. The number of hydrogen-bond acceptors (Lipinski definition) is 4. The van der Waals surface area contributed by atoms with Crippen LogP contribution in [0, 0.1) is 0 Å². The summed E-state index contributed by atoms with van der Waals surface area (Å²) >= 11 is 0. The molecule has 0 aliphatic rings. The van der Waals surface area contributed by atoms with Gasteiger partial charge in [-0.15, -0.1) is 0 Å². The molecule has 3 rings (SSSR count). The van der Waals surface area contributed by atoms with Crippen molar-refractivity contribution in [1.82, 2.24) is 0 Å². The molecule has 0 amide bonds. The molecule has 0 radical (unpaired) electrons. The van der Waals surface area contributed by atoms with Gasteiger partial charge in [-0.05, 0) is 41.8 Å². The number of ether oxygens (including phenoxy) is 2. The Morgan fingerprint density at radius 1 is 0.667 bits per heavy atom. The van der Waals surface area contributed by atoms with Crippen LogP contribution in [0.2, 0.25) is 0 Å². The normalized spacial score (nSPS) is 10.6. The molecule has 0 saturated heterocycles. The summed E-state index contributed by atoms with van der Waals surface area (Å²) in [5.74, 6) is -0.0247. The van der Waals surface area contributed by atoms with E-state index in [-0.39, 0.29) is 12.4 Å². The highest BCUT2D eigenvalue weighted by Gasteiger charge is 2.12. The highest BCUT2D eigenvalue weighted by atomic mass is 16.5. The van der Waals surface area contributed by atoms with E-state index in [9.17, 15) is 9.59 Å². The van der Waals surface area contributed by atoms with Crippen LogP contribution in [0.3, 0.4) is 0 Å². The summed E-state index contributed by atoms with van der Waals surface area (Å²) in [6.07, 6.45) is 7.29. The SMILES string of the molecule is CCCCCCCCOc1ccc(C(=O)OCC(=O)c2ccc(-c3ccccc3)cc2)cc1. The Kier molecular flexibility index (Phi) is 9.71. The molecule has 0 aliphatic heterocycles. The lowest BCUT2D eigenvalue weighted by atomic mass is 10.0. The first-order valence-electron chi connectivity index (χ1n) is 11.8. The number of unbranched alkanes of at least 4 members (excludes halogenated alkanes) is 5. The molecule has 172 valence electrons. The monoisotopic (exact) mass is 444 g/mol. The Balaban J connectivity index is 1.41. The van der Waals surface area contributed by atoms with Crippen molar-refractivity contribution in [3.05, 3.63) is 90.0 Å². The van der Waals surface area contributed by atoms with Crippen molar-refractivity contribution in [3.8, 4) is 16.9 Å². The second-order valence-corrected chi connectivity index (χ2v) is 8.08. The molecule has 3 aromatic carbocycles. The van der Waals surface area contributed by atoms with E-state index in [0.717, 1.165) is 23.3 Å². The minimum Gasteiger partial charge on any atom is -0.494 e. The van der Waals surface area contributed by atoms with E-state index in [1.807, 2.05) is 42.5 Å². The highest BCUT2D eigenvalue weighted by molar-refractivity contribution is 5.99. The minimum absolute atomic E-state index is 0.234. The lowest BCUT2D eigenvalue weighted by molar-refractivity contribution is 0.0474. The predicted molar refractivity (Wildman–Crippen MR) is 132 cm³/mol. The van der Waals surface area contributed by atoms with Gasteiger partial charge in [0.05, 0.1) is 12.2 Å². The average Bonchev–Trinajstić information content (AvgIpc) is 2.87. The fourth-order valence-corrected chi connectivity index (χ4v) is 3.54. The van der Waals surface area contributed by atoms with E-state index < -0.39 is 5.97 Å². The molecule has 0 unspecified atom stereocenters. The van der Waals surface area contributed by atoms with Gasteiger partial charge in [0.1, 0.15) is 5.75 Å². The molecule has 0 aliphatic carbocycles. The number of ketones is 1. The first-order chi connectivity index (χ1) is 16.2. The fourth-order valence-electron chi connectivity index (χ4n) is 3.54. The molecule has 0 atom stereocenters. The van der Waals surface area contributed by atoms with Crippen molar-refractivity contribution in [3.63, 3.8) is 0 Å². The molecule has 0 aromatic heterocycles. The van der Waals surface area contributed by atoms with Gasteiger partial charge in [0.15, 0.2) is 12.4 Å². The van der Waals surface area contributed by atoms with Crippen molar-refractivity contribution >= 4 is 11.8 Å². The van der Waals surface area contributed by atoms with Gasteiger partial charge in [-0.1, -0.05) is 93.6 Å². The van der Waals surface area contributed by atoms with Gasteiger partial charge in [-0.25, -0.2) is 4.79 Å². The van der Waals surface area contributed by atoms with Crippen LogP contribution in [-0.2, 0) is 4.74 Å². The van der Waals surface area contributed by atoms with Gasteiger partial charge in [0.25, 0.3) is 0 Å². The Morgan fingerprint density at radius 3 is 1.97 bits per heavy atom. The second-order valence-electron chi connectivity index (χ2n) is 8.08. The molecule has 0 fully saturated rings. The maximum Gasteiger partial charge on any atom is 0.338 e. The van der Waals surface area contributed by atoms with Crippen molar-refractivity contribution in [2.75, 3.05) is 13.2 Å². The van der Waals surface area contributed by atoms with Crippen molar-refractivity contribution < 1.29 is 19.1 Å². The maximum absolute atomic E-state index is 12.4. The molecule has 0 saturated carbocycles. The van der Waals surface area contributed by atoms with Gasteiger partial charge in [-0.2, -0.15) is 0 Å². The number of carbonyl (C=O) groups excluding carboxylic acids is 2. The van der Waals surface area contributed by atoms with Gasteiger partial charge in [-0.3, -0.25) is 4.79 Å². The van der Waals surface area contributed by atoms with E-state index in [1.165, 1.54) is 32.1 Å². The second kappa shape index (κ2) is 13.2. The first kappa shape index (κ1) is 24.2. The highest BCUT2D eigenvalue weighted by Crippen LogP contribution is 2.20. The van der Waals surface area contributed by atoms with Gasteiger partial charge in [0, 0.05) is 5.56 Å². The third kappa shape index (κ3) is 7.90. The van der Waals surface area contributed by atoms with Gasteiger partial charge >= 0.3 is 5.97 Å². The van der Waals surface area contributed by atoms with E-state index in [1.54, 1.807) is 36.4 Å². The van der Waals surface area contributed by atoms with Gasteiger partial charge < -0.3 is 9.47 Å². The van der Waals surface area contributed by atoms with Crippen LogP contribution in [-0.4, -0.2) is 25.0 Å². The third-order valence-corrected chi connectivity index (χ3v) is 5.50. The molecule has 0 N–H and O–H groups in total. The Hall–Kier alpha value is -3.40. The third-order valence-electron chi connectivity index (χ3n) is 5.50. The number of rotatable bonds is 13. The van der Waals surface area contributed by atoms with Crippen LogP contribution in [0.4, 0.5) is 0 Å². The largest absolute Gasteiger partial charge is 0.494 e. The van der Waals surface area contributed by atoms with Crippen molar-refractivity contribution in [2.24, 2.45) is 0 Å². The molecule has 0 heterocycles. The number of esters is 1. The number of Topliss-reactive ketones (excluding diaryl/α,β-unsaturated/α-hetero) is 1. The summed E-state index contributed by atoms with van der Waals surface area (Å²) in [6, 6.07) is 24.1. The van der Waals surface area contributed by atoms with Crippen LogP contribution >= 0.6 is 0 Å². The van der Waals surface area contributed by atoms with Crippen molar-refractivity contribution in [1.29, 1.82) is 0 Å². The maximum atomic E-state index is 12.4. The minimum atomic E-state index is -0.522. The van der Waals surface area contributed by atoms with Crippen LogP contribution < -0.4 is 4.74 Å². The predicted octanol–water partition coefficient (Wildman–Crippen LogP) is 7.13. The lowest BCUT2D eigenvalue weighted by Crippen LogP contribution is -2.14. The van der Waals surface area contributed by atoms with Crippen LogP contribution in [0.1, 0.15) is 66.2 Å². The number of carbonyl (C=O) groups is 2. The van der Waals surface area contributed by atoms with E-state index in [0.29, 0.717) is 17.7 Å².